The van der Waals surface area contributed by atoms with E-state index in [-0.39, 0.29) is 17.6 Å². The Bertz CT molecular complexity index is 1290. The van der Waals surface area contributed by atoms with Crippen LogP contribution in [0.3, 0.4) is 0 Å². The molecule has 4 rings (SSSR count). The quantitative estimate of drug-likeness (QED) is 0.292. The van der Waals surface area contributed by atoms with Crippen LogP contribution in [-0.2, 0) is 19.0 Å². The molecule has 0 radical (unpaired) electrons. The highest BCUT2D eigenvalue weighted by Gasteiger charge is 2.31. The second-order valence-electron chi connectivity index (χ2n) is 8.10. The fourth-order valence-electron chi connectivity index (χ4n) is 4.02. The van der Waals surface area contributed by atoms with Gasteiger partial charge >= 0.3 is 6.18 Å². The number of anilines is 1. The van der Waals surface area contributed by atoms with E-state index in [9.17, 15) is 18.0 Å². The van der Waals surface area contributed by atoms with Gasteiger partial charge in [0.25, 0.3) is 5.89 Å². The molecule has 0 aliphatic rings. The molecular formula is C25H23F3N2O2S. The van der Waals surface area contributed by atoms with Crippen LogP contribution in [0.5, 0.6) is 0 Å². The number of hydrogen-bond donors (Lipinski definition) is 1. The van der Waals surface area contributed by atoms with Gasteiger partial charge in [-0.1, -0.05) is 26.0 Å². The molecule has 0 saturated heterocycles. The normalized spacial score (nSPS) is 12.0. The summed E-state index contributed by atoms with van der Waals surface area (Å²) in [5.74, 6) is -0.106. The first kappa shape index (κ1) is 23.0. The Morgan fingerprint density at radius 1 is 1.15 bits per heavy atom. The van der Waals surface area contributed by atoms with Gasteiger partial charge in [-0.05, 0) is 59.5 Å². The molecule has 0 unspecified atom stereocenters. The highest BCUT2D eigenvalue weighted by Crippen LogP contribution is 2.40. The first-order chi connectivity index (χ1) is 15.7. The van der Waals surface area contributed by atoms with E-state index in [1.165, 1.54) is 29.9 Å². The summed E-state index contributed by atoms with van der Waals surface area (Å²) in [6.45, 7) is 4.11. The maximum atomic E-state index is 13.2. The number of aromatic nitrogens is 1. The number of benzene rings is 2. The standard InChI is InChI=1S/C25H23F3N2O2S/c1-14(2)22-17-7-6-16(25(26,27)28)13-21(17)33-20(22)9-5-15-4-8-19(29-3)18(12-15)23(31)24-30-10-11-32-24/h4,6-8,10-14,29H,5,9H2,1-3H3. The summed E-state index contributed by atoms with van der Waals surface area (Å²) in [6.07, 6.45) is -0.268. The number of ketones is 1. The van der Waals surface area contributed by atoms with Crippen LogP contribution < -0.4 is 5.32 Å². The number of nitrogens with one attached hydrogen (secondary N) is 1. The number of halogens is 3. The third-order valence-electron chi connectivity index (χ3n) is 5.58. The van der Waals surface area contributed by atoms with Crippen molar-refractivity contribution in [1.29, 1.82) is 0 Å². The van der Waals surface area contributed by atoms with Gasteiger partial charge in [0.1, 0.15) is 6.26 Å². The summed E-state index contributed by atoms with van der Waals surface area (Å²) in [5.41, 5.74) is 2.55. The van der Waals surface area contributed by atoms with E-state index in [1.807, 2.05) is 18.2 Å². The van der Waals surface area contributed by atoms with Gasteiger partial charge in [0.15, 0.2) is 0 Å². The maximum absolute atomic E-state index is 13.2. The van der Waals surface area contributed by atoms with Gasteiger partial charge in [0.2, 0.25) is 5.78 Å². The molecule has 2 aromatic carbocycles. The van der Waals surface area contributed by atoms with Crippen LogP contribution in [0.25, 0.3) is 10.1 Å². The molecule has 0 saturated carbocycles. The van der Waals surface area contributed by atoms with Crippen LogP contribution in [0, 0.1) is 0 Å². The number of carbonyl (C=O) groups excluding carboxylic acids is 1. The average Bonchev–Trinajstić information content (AvgIpc) is 3.43. The smallest absolute Gasteiger partial charge is 0.416 e. The van der Waals surface area contributed by atoms with Gasteiger partial charge in [0.05, 0.1) is 17.3 Å². The van der Waals surface area contributed by atoms with Crippen LogP contribution >= 0.6 is 11.3 Å². The largest absolute Gasteiger partial charge is 0.442 e. The van der Waals surface area contributed by atoms with Gasteiger partial charge in [-0.15, -0.1) is 11.3 Å². The molecule has 8 heteroatoms. The topological polar surface area (TPSA) is 55.1 Å². The molecule has 172 valence electrons. The predicted molar refractivity (Wildman–Crippen MR) is 124 cm³/mol. The number of fused-ring (bicyclic) bond motifs is 1. The third kappa shape index (κ3) is 4.66. The Labute approximate surface area is 193 Å². The van der Waals surface area contributed by atoms with Gasteiger partial charge in [-0.2, -0.15) is 13.2 Å². The molecule has 0 amide bonds. The van der Waals surface area contributed by atoms with Crippen LogP contribution in [0.15, 0.2) is 53.3 Å². The van der Waals surface area contributed by atoms with Crippen LogP contribution in [0.4, 0.5) is 18.9 Å². The van der Waals surface area contributed by atoms with Crippen molar-refractivity contribution in [2.75, 3.05) is 12.4 Å². The van der Waals surface area contributed by atoms with E-state index in [0.717, 1.165) is 27.5 Å². The zero-order valence-electron chi connectivity index (χ0n) is 18.4. The Balaban J connectivity index is 1.65. The van der Waals surface area contributed by atoms with Gasteiger partial charge < -0.3 is 9.73 Å². The SMILES string of the molecule is CNc1ccc(CCc2sc3cc(C(F)(F)F)ccc3c2C(C)C)cc1C(=O)c1ncco1. The summed E-state index contributed by atoms with van der Waals surface area (Å²) >= 11 is 1.41. The van der Waals surface area contributed by atoms with Crippen molar-refractivity contribution in [1.82, 2.24) is 4.98 Å². The zero-order chi connectivity index (χ0) is 23.8. The Kier molecular flexibility index (Phi) is 6.30. The van der Waals surface area contributed by atoms with Crippen LogP contribution in [-0.4, -0.2) is 17.8 Å². The molecule has 0 bridgehead atoms. The average molecular weight is 473 g/mol. The van der Waals surface area contributed by atoms with Crippen molar-refractivity contribution >= 4 is 32.9 Å². The van der Waals surface area contributed by atoms with Crippen molar-refractivity contribution in [2.45, 2.75) is 38.8 Å². The van der Waals surface area contributed by atoms with E-state index >= 15 is 0 Å². The maximum Gasteiger partial charge on any atom is 0.416 e. The Hall–Kier alpha value is -3.13. The molecule has 0 aliphatic heterocycles. The summed E-state index contributed by atoms with van der Waals surface area (Å²) in [5, 5.41) is 3.90. The predicted octanol–water partition coefficient (Wildman–Crippen LogP) is 7.09. The number of rotatable bonds is 7. The Morgan fingerprint density at radius 3 is 2.58 bits per heavy atom. The van der Waals surface area contributed by atoms with E-state index in [4.69, 9.17) is 4.42 Å². The number of oxazole rings is 1. The number of thiophene rings is 1. The number of carbonyl (C=O) groups is 1. The lowest BCUT2D eigenvalue weighted by molar-refractivity contribution is -0.137. The van der Waals surface area contributed by atoms with Crippen molar-refractivity contribution in [2.24, 2.45) is 0 Å². The molecule has 0 spiro atoms. The van der Waals surface area contributed by atoms with E-state index in [2.05, 4.69) is 24.1 Å². The van der Waals surface area contributed by atoms with Gasteiger partial charge in [0, 0.05) is 22.3 Å². The number of nitrogens with zero attached hydrogens (tertiary/aromatic N) is 1. The summed E-state index contributed by atoms with van der Waals surface area (Å²) in [4.78, 5) is 17.8. The fourth-order valence-corrected chi connectivity index (χ4v) is 5.42. The fraction of sp³-hybridized carbons (Fsp3) is 0.280. The summed E-state index contributed by atoms with van der Waals surface area (Å²) < 4.78 is 45.3. The van der Waals surface area contributed by atoms with E-state index in [1.54, 1.807) is 13.1 Å². The molecule has 4 nitrogen and oxygen atoms in total. The molecule has 1 N–H and O–H groups in total. The lowest BCUT2D eigenvalue weighted by Crippen LogP contribution is -2.07. The minimum Gasteiger partial charge on any atom is -0.442 e. The van der Waals surface area contributed by atoms with Crippen molar-refractivity contribution < 1.29 is 22.4 Å². The van der Waals surface area contributed by atoms with Gasteiger partial charge in [-0.25, -0.2) is 4.98 Å². The first-order valence-electron chi connectivity index (χ1n) is 10.6. The number of alkyl halides is 3. The number of aryl methyl sites for hydroxylation is 2. The molecule has 0 aliphatic carbocycles. The second-order valence-corrected chi connectivity index (χ2v) is 9.24. The molecule has 33 heavy (non-hydrogen) atoms. The van der Waals surface area contributed by atoms with E-state index < -0.39 is 11.7 Å². The molecule has 2 heterocycles. The second kappa shape index (κ2) is 9.02. The molecule has 2 aromatic heterocycles. The molecular weight excluding hydrogens is 449 g/mol. The van der Waals surface area contributed by atoms with Gasteiger partial charge in [-0.3, -0.25) is 4.79 Å². The van der Waals surface area contributed by atoms with Crippen molar-refractivity contribution in [3.8, 4) is 0 Å². The summed E-state index contributed by atoms with van der Waals surface area (Å²) in [6, 6.07) is 9.59. The minimum atomic E-state index is -4.36. The molecule has 4 aromatic rings. The van der Waals surface area contributed by atoms with Crippen LogP contribution in [0.2, 0.25) is 0 Å². The lowest BCUT2D eigenvalue weighted by Gasteiger charge is -2.11. The first-order valence-corrected chi connectivity index (χ1v) is 11.4. The third-order valence-corrected chi connectivity index (χ3v) is 6.80. The molecule has 0 fully saturated rings. The lowest BCUT2D eigenvalue weighted by atomic mass is 9.95. The van der Waals surface area contributed by atoms with Crippen LogP contribution in [0.1, 0.15) is 57.6 Å². The van der Waals surface area contributed by atoms with Crippen molar-refractivity contribution in [3.63, 3.8) is 0 Å². The highest BCUT2D eigenvalue weighted by atomic mass is 32.1. The minimum absolute atomic E-state index is 0.0238. The van der Waals surface area contributed by atoms with Crippen molar-refractivity contribution in [3.05, 3.63) is 81.9 Å². The highest BCUT2D eigenvalue weighted by molar-refractivity contribution is 7.19. The zero-order valence-corrected chi connectivity index (χ0v) is 19.2. The molecule has 0 atom stereocenters. The summed E-state index contributed by atoms with van der Waals surface area (Å²) in [7, 11) is 1.74. The Morgan fingerprint density at radius 2 is 1.94 bits per heavy atom. The monoisotopic (exact) mass is 472 g/mol. The number of hydrogen-bond acceptors (Lipinski definition) is 5. The van der Waals surface area contributed by atoms with E-state index in [0.29, 0.717) is 28.8 Å².